The average Bonchev–Trinajstić information content (AvgIpc) is 2.27. The molecule has 0 aromatic heterocycles. The molecule has 14 heavy (non-hydrogen) atoms. The van der Waals surface area contributed by atoms with Crippen LogP contribution in [0, 0.1) is 0 Å². The van der Waals surface area contributed by atoms with Gasteiger partial charge in [0.2, 0.25) is 0 Å². The molecule has 0 saturated heterocycles. The van der Waals surface area contributed by atoms with E-state index in [-0.39, 0.29) is 0 Å². The maximum absolute atomic E-state index is 10.8. The molecular formula is C12H9BrO. The fourth-order valence-corrected chi connectivity index (χ4v) is 1.89. The van der Waals surface area contributed by atoms with Crippen molar-refractivity contribution in [1.29, 1.82) is 0 Å². The Balaban J connectivity index is 2.73. The number of alkyl halides is 1. The Hall–Kier alpha value is -1.15. The molecule has 2 aromatic rings. The molecule has 2 heteroatoms. The largest absolute Gasteiger partial charge is 0.298 e. The third kappa shape index (κ3) is 1.58. The van der Waals surface area contributed by atoms with Crippen LogP contribution in [-0.4, -0.2) is 6.29 Å². The molecule has 0 fully saturated rings. The molecule has 0 atom stereocenters. The standard InChI is InChI=1S/C12H9BrO/c13-7-9-4-5-12-10(6-9)2-1-3-11(12)8-14/h1-6,8H,7H2. The lowest BCUT2D eigenvalue weighted by atomic mass is 10.0. The van der Waals surface area contributed by atoms with Crippen LogP contribution in [0.4, 0.5) is 0 Å². The Morgan fingerprint density at radius 2 is 2.07 bits per heavy atom. The molecule has 0 aliphatic heterocycles. The van der Waals surface area contributed by atoms with Gasteiger partial charge < -0.3 is 0 Å². The summed E-state index contributed by atoms with van der Waals surface area (Å²) < 4.78 is 0. The second kappa shape index (κ2) is 3.93. The van der Waals surface area contributed by atoms with E-state index >= 15 is 0 Å². The molecule has 1 nitrogen and oxygen atoms in total. The lowest BCUT2D eigenvalue weighted by Crippen LogP contribution is -1.84. The van der Waals surface area contributed by atoms with Crippen molar-refractivity contribution in [3.8, 4) is 0 Å². The van der Waals surface area contributed by atoms with Crippen LogP contribution in [0.3, 0.4) is 0 Å². The highest BCUT2D eigenvalue weighted by atomic mass is 79.9. The maximum atomic E-state index is 10.8. The second-order valence-corrected chi connectivity index (χ2v) is 3.71. The van der Waals surface area contributed by atoms with E-state index in [9.17, 15) is 4.79 Å². The smallest absolute Gasteiger partial charge is 0.150 e. The summed E-state index contributed by atoms with van der Waals surface area (Å²) in [5.74, 6) is 0. The predicted molar refractivity (Wildman–Crippen MR) is 62.0 cm³/mol. The third-order valence-electron chi connectivity index (χ3n) is 2.26. The lowest BCUT2D eigenvalue weighted by Gasteiger charge is -2.02. The molecule has 70 valence electrons. The highest BCUT2D eigenvalue weighted by molar-refractivity contribution is 9.08. The zero-order valence-electron chi connectivity index (χ0n) is 7.53. The number of aldehydes is 1. The molecule has 0 amide bonds. The van der Waals surface area contributed by atoms with E-state index in [1.165, 1.54) is 5.56 Å². The number of carbonyl (C=O) groups is 1. The van der Waals surface area contributed by atoms with Gasteiger partial charge in [-0.2, -0.15) is 0 Å². The van der Waals surface area contributed by atoms with E-state index in [4.69, 9.17) is 0 Å². The van der Waals surface area contributed by atoms with E-state index in [2.05, 4.69) is 22.0 Å². The normalized spacial score (nSPS) is 10.4. The zero-order valence-corrected chi connectivity index (χ0v) is 9.12. The van der Waals surface area contributed by atoms with Gasteiger partial charge in [0.25, 0.3) is 0 Å². The Bertz CT molecular complexity index is 477. The first kappa shape index (κ1) is 9.41. The van der Waals surface area contributed by atoms with Crippen LogP contribution in [0.5, 0.6) is 0 Å². The summed E-state index contributed by atoms with van der Waals surface area (Å²) in [4.78, 5) is 10.8. The third-order valence-corrected chi connectivity index (χ3v) is 2.91. The van der Waals surface area contributed by atoms with Gasteiger partial charge in [-0.1, -0.05) is 52.3 Å². The number of hydrogen-bond donors (Lipinski definition) is 0. The number of fused-ring (bicyclic) bond motifs is 1. The Kier molecular flexibility index (Phi) is 2.64. The highest BCUT2D eigenvalue weighted by Crippen LogP contribution is 2.20. The zero-order chi connectivity index (χ0) is 9.97. The van der Waals surface area contributed by atoms with Crippen molar-refractivity contribution in [3.63, 3.8) is 0 Å². The molecule has 0 N–H and O–H groups in total. The molecule has 0 radical (unpaired) electrons. The fourth-order valence-electron chi connectivity index (χ4n) is 1.54. The lowest BCUT2D eigenvalue weighted by molar-refractivity contribution is 0.112. The van der Waals surface area contributed by atoms with Crippen molar-refractivity contribution >= 4 is 33.0 Å². The Labute approximate surface area is 90.9 Å². The van der Waals surface area contributed by atoms with Gasteiger partial charge in [-0.05, 0) is 16.3 Å². The fraction of sp³-hybridized carbons (Fsp3) is 0.0833. The predicted octanol–water partition coefficient (Wildman–Crippen LogP) is 3.55. The topological polar surface area (TPSA) is 17.1 Å². The summed E-state index contributed by atoms with van der Waals surface area (Å²) in [6.45, 7) is 0. The number of hydrogen-bond acceptors (Lipinski definition) is 1. The summed E-state index contributed by atoms with van der Waals surface area (Å²) in [6.07, 6.45) is 0.899. The minimum Gasteiger partial charge on any atom is -0.298 e. The van der Waals surface area contributed by atoms with Gasteiger partial charge in [-0.15, -0.1) is 0 Å². The molecule has 0 unspecified atom stereocenters. The minimum absolute atomic E-state index is 0.753. The van der Waals surface area contributed by atoms with Crippen molar-refractivity contribution in [3.05, 3.63) is 47.5 Å². The summed E-state index contributed by atoms with van der Waals surface area (Å²) in [7, 11) is 0. The van der Waals surface area contributed by atoms with Gasteiger partial charge in [0.1, 0.15) is 0 Å². The summed E-state index contributed by atoms with van der Waals surface area (Å²) in [5, 5.41) is 2.98. The number of halogens is 1. The molecule has 2 rings (SSSR count). The van der Waals surface area contributed by atoms with Crippen molar-refractivity contribution < 1.29 is 4.79 Å². The van der Waals surface area contributed by atoms with Gasteiger partial charge in [-0.3, -0.25) is 4.79 Å². The summed E-state index contributed by atoms with van der Waals surface area (Å²) in [5.41, 5.74) is 1.98. The van der Waals surface area contributed by atoms with E-state index in [1.807, 2.05) is 30.3 Å². The average molecular weight is 249 g/mol. The first-order valence-corrected chi connectivity index (χ1v) is 5.50. The van der Waals surface area contributed by atoms with Crippen molar-refractivity contribution in [2.24, 2.45) is 0 Å². The van der Waals surface area contributed by atoms with Crippen molar-refractivity contribution in [1.82, 2.24) is 0 Å². The van der Waals surface area contributed by atoms with E-state index in [1.54, 1.807) is 0 Å². The van der Waals surface area contributed by atoms with Crippen LogP contribution < -0.4 is 0 Å². The second-order valence-electron chi connectivity index (χ2n) is 3.15. The molecular weight excluding hydrogens is 240 g/mol. The molecule has 2 aromatic carbocycles. The van der Waals surface area contributed by atoms with Crippen molar-refractivity contribution in [2.75, 3.05) is 0 Å². The number of benzene rings is 2. The molecule has 0 saturated carbocycles. The van der Waals surface area contributed by atoms with Crippen LogP contribution in [0.15, 0.2) is 36.4 Å². The van der Waals surface area contributed by atoms with Crippen LogP contribution in [0.1, 0.15) is 15.9 Å². The highest BCUT2D eigenvalue weighted by Gasteiger charge is 1.99. The van der Waals surface area contributed by atoms with Gasteiger partial charge in [0.05, 0.1) is 0 Å². The molecule has 0 spiro atoms. The van der Waals surface area contributed by atoms with Crippen LogP contribution in [0.2, 0.25) is 0 Å². The SMILES string of the molecule is O=Cc1cccc2cc(CBr)ccc12. The number of rotatable bonds is 2. The monoisotopic (exact) mass is 248 g/mol. The van der Waals surface area contributed by atoms with Gasteiger partial charge >= 0.3 is 0 Å². The van der Waals surface area contributed by atoms with E-state index in [0.717, 1.165) is 28.0 Å². The first-order chi connectivity index (χ1) is 6.85. The minimum atomic E-state index is 0.753. The van der Waals surface area contributed by atoms with Gasteiger partial charge in [0.15, 0.2) is 6.29 Å². The molecule has 0 aliphatic carbocycles. The van der Waals surface area contributed by atoms with Crippen molar-refractivity contribution in [2.45, 2.75) is 5.33 Å². The Morgan fingerprint density at radius 3 is 2.79 bits per heavy atom. The van der Waals surface area contributed by atoms with E-state index < -0.39 is 0 Å². The summed E-state index contributed by atoms with van der Waals surface area (Å²) in [6, 6.07) is 11.9. The van der Waals surface area contributed by atoms with E-state index in [0.29, 0.717) is 0 Å². The van der Waals surface area contributed by atoms with Gasteiger partial charge in [-0.25, -0.2) is 0 Å². The summed E-state index contributed by atoms with van der Waals surface area (Å²) >= 11 is 3.41. The van der Waals surface area contributed by atoms with Crippen LogP contribution in [-0.2, 0) is 5.33 Å². The maximum Gasteiger partial charge on any atom is 0.150 e. The number of carbonyl (C=O) groups excluding carboxylic acids is 1. The molecule has 0 bridgehead atoms. The first-order valence-electron chi connectivity index (χ1n) is 4.38. The van der Waals surface area contributed by atoms with Crippen LogP contribution in [0.25, 0.3) is 10.8 Å². The Morgan fingerprint density at radius 1 is 1.21 bits per heavy atom. The van der Waals surface area contributed by atoms with Gasteiger partial charge in [0, 0.05) is 10.9 Å². The quantitative estimate of drug-likeness (QED) is 0.587. The van der Waals surface area contributed by atoms with Crippen LogP contribution >= 0.6 is 15.9 Å². The molecule has 0 aliphatic rings. The molecule has 0 heterocycles.